The van der Waals surface area contributed by atoms with Crippen molar-refractivity contribution in [3.05, 3.63) is 29.8 Å². The summed E-state index contributed by atoms with van der Waals surface area (Å²) in [4.78, 5) is 3.51. The van der Waals surface area contributed by atoms with Crippen molar-refractivity contribution in [1.29, 1.82) is 0 Å². The number of hydrogen-bond acceptors (Lipinski definition) is 1. The lowest BCUT2D eigenvalue weighted by Crippen LogP contribution is -1.81. The number of rotatable bonds is 0. The van der Waals surface area contributed by atoms with Crippen LogP contribution >= 0.6 is 0 Å². The van der Waals surface area contributed by atoms with E-state index >= 15 is 0 Å². The van der Waals surface area contributed by atoms with E-state index in [1.54, 1.807) is 6.92 Å². The third-order valence-electron chi connectivity index (χ3n) is 0.902. The first-order valence-electron chi connectivity index (χ1n) is 2.28. The molecule has 0 aliphatic rings. The van der Waals surface area contributed by atoms with Crippen molar-refractivity contribution in [3.63, 3.8) is 0 Å². The maximum Gasteiger partial charge on any atom is 0.145 e. The summed E-state index contributed by atoms with van der Waals surface area (Å²) in [5.74, 6) is -0.299. The Balaban J connectivity index is 3.13. The number of aryl methyl sites for hydroxylation is 1. The Labute approximate surface area is 47.2 Å². The summed E-state index contributed by atoms with van der Waals surface area (Å²) in [5.41, 5.74) is 0.514. The molecule has 41 valence electrons. The first-order valence-corrected chi connectivity index (χ1v) is 2.28. The van der Waals surface area contributed by atoms with Crippen LogP contribution in [0.3, 0.4) is 0 Å². The van der Waals surface area contributed by atoms with E-state index in [2.05, 4.69) is 11.1 Å². The quantitative estimate of drug-likeness (QED) is 0.491. The molecule has 0 amide bonds. The zero-order valence-electron chi connectivity index (χ0n) is 4.48. The van der Waals surface area contributed by atoms with Crippen molar-refractivity contribution in [3.8, 4) is 0 Å². The first-order chi connectivity index (χ1) is 3.80. The summed E-state index contributed by atoms with van der Waals surface area (Å²) in [7, 11) is 0. The van der Waals surface area contributed by atoms with Crippen LogP contribution in [0.25, 0.3) is 0 Å². The van der Waals surface area contributed by atoms with Gasteiger partial charge in [-0.3, -0.25) is 4.98 Å². The lowest BCUT2D eigenvalue weighted by molar-refractivity contribution is 0.611. The van der Waals surface area contributed by atoms with Crippen molar-refractivity contribution in [1.82, 2.24) is 4.98 Å². The summed E-state index contributed by atoms with van der Waals surface area (Å²) in [6.45, 7) is 1.65. The van der Waals surface area contributed by atoms with Crippen LogP contribution in [0.15, 0.2) is 12.4 Å². The van der Waals surface area contributed by atoms with Gasteiger partial charge in [-0.25, -0.2) is 4.39 Å². The van der Waals surface area contributed by atoms with E-state index in [0.717, 1.165) is 0 Å². The molecule has 0 aromatic carbocycles. The van der Waals surface area contributed by atoms with Gasteiger partial charge in [0.15, 0.2) is 0 Å². The summed E-state index contributed by atoms with van der Waals surface area (Å²) >= 11 is 0. The Hall–Kier alpha value is -0.920. The standard InChI is InChI=1S/C6H5FN/c1-5-2-3-8-4-6(5)7/h3-4H,1H3. The lowest BCUT2D eigenvalue weighted by atomic mass is 10.3. The van der Waals surface area contributed by atoms with Crippen LogP contribution in [0.1, 0.15) is 5.56 Å². The van der Waals surface area contributed by atoms with Gasteiger partial charge in [0, 0.05) is 12.3 Å². The van der Waals surface area contributed by atoms with Crippen LogP contribution in [0.2, 0.25) is 0 Å². The summed E-state index contributed by atoms with van der Waals surface area (Å²) in [6.07, 6.45) is 2.62. The van der Waals surface area contributed by atoms with E-state index in [0.29, 0.717) is 5.56 Å². The van der Waals surface area contributed by atoms with Crippen molar-refractivity contribution in [2.75, 3.05) is 0 Å². The maximum atomic E-state index is 12.2. The Kier molecular flexibility index (Phi) is 1.24. The van der Waals surface area contributed by atoms with Crippen LogP contribution in [0, 0.1) is 18.8 Å². The van der Waals surface area contributed by atoms with Gasteiger partial charge in [0.1, 0.15) is 5.82 Å². The second kappa shape index (κ2) is 1.90. The van der Waals surface area contributed by atoms with Gasteiger partial charge in [-0.05, 0) is 12.5 Å². The average molecular weight is 110 g/mol. The highest BCUT2D eigenvalue weighted by atomic mass is 19.1. The number of halogens is 1. The van der Waals surface area contributed by atoms with Crippen molar-refractivity contribution >= 4 is 0 Å². The predicted octanol–water partition coefficient (Wildman–Crippen LogP) is 1.33. The van der Waals surface area contributed by atoms with Gasteiger partial charge in [0.25, 0.3) is 0 Å². The van der Waals surface area contributed by atoms with Crippen LogP contribution < -0.4 is 0 Å². The average Bonchev–Trinajstić information content (AvgIpc) is 1.77. The van der Waals surface area contributed by atoms with Crippen LogP contribution in [-0.2, 0) is 0 Å². The number of aromatic nitrogens is 1. The van der Waals surface area contributed by atoms with Crippen LogP contribution in [0.5, 0.6) is 0 Å². The SMILES string of the molecule is Cc1[c]cncc1F. The Morgan fingerprint density at radius 1 is 1.75 bits per heavy atom. The molecule has 0 bridgehead atoms. The number of pyridine rings is 1. The largest absolute Gasteiger partial charge is 0.261 e. The van der Waals surface area contributed by atoms with E-state index in [9.17, 15) is 4.39 Å². The summed E-state index contributed by atoms with van der Waals surface area (Å²) < 4.78 is 12.2. The second-order valence-corrected chi connectivity index (χ2v) is 1.52. The highest BCUT2D eigenvalue weighted by Crippen LogP contribution is 1.98. The van der Waals surface area contributed by atoms with E-state index in [1.165, 1.54) is 12.4 Å². The fourth-order valence-corrected chi connectivity index (χ4v) is 0.403. The Bertz CT molecular complexity index is 165. The molecule has 1 aromatic rings. The van der Waals surface area contributed by atoms with Crippen molar-refractivity contribution < 1.29 is 4.39 Å². The van der Waals surface area contributed by atoms with Gasteiger partial charge in [0.05, 0.1) is 6.20 Å². The van der Waals surface area contributed by atoms with E-state index < -0.39 is 0 Å². The third kappa shape index (κ3) is 0.832. The number of nitrogens with zero attached hydrogens (tertiary/aromatic N) is 1. The fraction of sp³-hybridized carbons (Fsp3) is 0.167. The molecular weight excluding hydrogens is 105 g/mol. The van der Waals surface area contributed by atoms with E-state index in [-0.39, 0.29) is 5.82 Å². The molecule has 1 nitrogen and oxygen atoms in total. The molecular formula is C6H5FN. The monoisotopic (exact) mass is 110 g/mol. The molecule has 1 heterocycles. The molecule has 0 fully saturated rings. The summed E-state index contributed by atoms with van der Waals surface area (Å²) in [5, 5.41) is 0. The number of hydrogen-bond donors (Lipinski definition) is 0. The fourth-order valence-electron chi connectivity index (χ4n) is 0.403. The summed E-state index contributed by atoms with van der Waals surface area (Å²) in [6, 6.07) is 2.61. The Morgan fingerprint density at radius 3 is 2.88 bits per heavy atom. The van der Waals surface area contributed by atoms with Gasteiger partial charge in [-0.1, -0.05) is 0 Å². The Morgan fingerprint density at radius 2 is 2.50 bits per heavy atom. The molecule has 0 aliphatic carbocycles. The normalized spacial score (nSPS) is 9.25. The van der Waals surface area contributed by atoms with Gasteiger partial charge in [-0.2, -0.15) is 0 Å². The van der Waals surface area contributed by atoms with Gasteiger partial charge >= 0.3 is 0 Å². The molecule has 0 saturated heterocycles. The highest BCUT2D eigenvalue weighted by Gasteiger charge is 1.90. The zero-order chi connectivity index (χ0) is 5.98. The smallest absolute Gasteiger partial charge is 0.145 e. The molecule has 2 heteroatoms. The van der Waals surface area contributed by atoms with Crippen LogP contribution in [-0.4, -0.2) is 4.98 Å². The predicted molar refractivity (Wildman–Crippen MR) is 27.8 cm³/mol. The molecule has 1 aromatic heterocycles. The van der Waals surface area contributed by atoms with Gasteiger partial charge < -0.3 is 0 Å². The van der Waals surface area contributed by atoms with Crippen molar-refractivity contribution in [2.45, 2.75) is 6.92 Å². The zero-order valence-corrected chi connectivity index (χ0v) is 4.48. The molecule has 1 rings (SSSR count). The minimum Gasteiger partial charge on any atom is -0.261 e. The molecule has 0 saturated carbocycles. The van der Waals surface area contributed by atoms with Crippen molar-refractivity contribution in [2.24, 2.45) is 0 Å². The van der Waals surface area contributed by atoms with Gasteiger partial charge in [0.2, 0.25) is 0 Å². The topological polar surface area (TPSA) is 12.9 Å². The molecule has 0 atom stereocenters. The third-order valence-corrected chi connectivity index (χ3v) is 0.902. The molecule has 0 unspecified atom stereocenters. The first kappa shape index (κ1) is 5.22. The molecule has 0 spiro atoms. The lowest BCUT2D eigenvalue weighted by Gasteiger charge is -1.87. The van der Waals surface area contributed by atoms with Gasteiger partial charge in [-0.15, -0.1) is 0 Å². The van der Waals surface area contributed by atoms with E-state index in [1.807, 2.05) is 0 Å². The van der Waals surface area contributed by atoms with Crippen LogP contribution in [0.4, 0.5) is 4.39 Å². The molecule has 8 heavy (non-hydrogen) atoms. The molecule has 0 N–H and O–H groups in total. The second-order valence-electron chi connectivity index (χ2n) is 1.52. The maximum absolute atomic E-state index is 12.2. The minimum atomic E-state index is -0.299. The highest BCUT2D eigenvalue weighted by molar-refractivity contribution is 5.07. The molecule has 0 aliphatic heterocycles. The van der Waals surface area contributed by atoms with E-state index in [4.69, 9.17) is 0 Å². The molecule has 1 radical (unpaired) electrons. The minimum absolute atomic E-state index is 0.299.